The van der Waals surface area contributed by atoms with Crippen molar-refractivity contribution in [2.24, 2.45) is 5.41 Å². The Hall–Kier alpha value is -1.09. The van der Waals surface area contributed by atoms with Gasteiger partial charge in [0.15, 0.2) is 9.84 Å². The van der Waals surface area contributed by atoms with Crippen molar-refractivity contribution in [2.45, 2.75) is 75.5 Å². The van der Waals surface area contributed by atoms with Gasteiger partial charge in [0.1, 0.15) is 5.69 Å². The fourth-order valence-corrected chi connectivity index (χ4v) is 8.13. The number of nitrogens with zero attached hydrogens (tertiary/aromatic N) is 3. The Bertz CT molecular complexity index is 871. The van der Waals surface area contributed by atoms with E-state index in [-0.39, 0.29) is 17.4 Å². The lowest BCUT2D eigenvalue weighted by atomic mass is 9.83. The standard InChI is InChI=1S/C20H28F3N3O2S/c21-20(22,23)18-10-17(24-26(18)16-2-1-3-16)14-4-6-15(7-5-14)25-9-8-19(11-25)12-29(27,28)13-19/h10,14-16H,1-9,11-13H2. The van der Waals surface area contributed by atoms with Crippen LogP contribution in [0.25, 0.3) is 0 Å². The molecule has 0 aromatic carbocycles. The highest BCUT2D eigenvalue weighted by atomic mass is 32.2. The first-order valence-electron chi connectivity index (χ1n) is 10.8. The van der Waals surface area contributed by atoms with Crippen molar-refractivity contribution in [1.29, 1.82) is 0 Å². The zero-order valence-electron chi connectivity index (χ0n) is 16.5. The Labute approximate surface area is 169 Å². The van der Waals surface area contributed by atoms with Gasteiger partial charge in [0.05, 0.1) is 23.2 Å². The van der Waals surface area contributed by atoms with E-state index in [0.29, 0.717) is 23.2 Å². The van der Waals surface area contributed by atoms with Crippen LogP contribution in [0, 0.1) is 5.41 Å². The van der Waals surface area contributed by atoms with Crippen LogP contribution >= 0.6 is 0 Å². The molecule has 0 radical (unpaired) electrons. The van der Waals surface area contributed by atoms with Crippen molar-refractivity contribution in [2.75, 3.05) is 24.6 Å². The largest absolute Gasteiger partial charge is 0.433 e. The lowest BCUT2D eigenvalue weighted by molar-refractivity contribution is -0.145. The van der Waals surface area contributed by atoms with E-state index < -0.39 is 21.7 Å². The van der Waals surface area contributed by atoms with Crippen LogP contribution in [-0.4, -0.2) is 53.7 Å². The van der Waals surface area contributed by atoms with E-state index in [1.54, 1.807) is 0 Å². The van der Waals surface area contributed by atoms with Gasteiger partial charge in [-0.1, -0.05) is 0 Å². The zero-order valence-corrected chi connectivity index (χ0v) is 17.3. The second-order valence-corrected chi connectivity index (χ2v) is 11.8. The minimum atomic E-state index is -4.36. The minimum Gasteiger partial charge on any atom is -0.300 e. The van der Waals surface area contributed by atoms with Gasteiger partial charge in [-0.3, -0.25) is 9.58 Å². The van der Waals surface area contributed by atoms with E-state index >= 15 is 0 Å². The summed E-state index contributed by atoms with van der Waals surface area (Å²) in [7, 11) is -2.82. The number of aromatic nitrogens is 2. The second-order valence-electron chi connectivity index (χ2n) is 9.74. The molecule has 29 heavy (non-hydrogen) atoms. The van der Waals surface area contributed by atoms with Crippen molar-refractivity contribution >= 4 is 9.84 Å². The van der Waals surface area contributed by atoms with Gasteiger partial charge in [0, 0.05) is 23.9 Å². The molecule has 2 saturated heterocycles. The van der Waals surface area contributed by atoms with Crippen molar-refractivity contribution in [3.63, 3.8) is 0 Å². The van der Waals surface area contributed by atoms with Gasteiger partial charge in [-0.15, -0.1) is 0 Å². The highest BCUT2D eigenvalue weighted by Crippen LogP contribution is 2.45. The molecule has 2 saturated carbocycles. The normalized spacial score (nSPS) is 32.2. The summed E-state index contributed by atoms with van der Waals surface area (Å²) in [6.07, 6.45) is 2.73. The molecule has 162 valence electrons. The molecular weight excluding hydrogens is 403 g/mol. The molecule has 3 heterocycles. The third-order valence-electron chi connectivity index (χ3n) is 7.62. The summed E-state index contributed by atoms with van der Waals surface area (Å²) < 4.78 is 64.9. The first-order chi connectivity index (χ1) is 13.6. The van der Waals surface area contributed by atoms with Crippen molar-refractivity contribution in [3.8, 4) is 0 Å². The fraction of sp³-hybridized carbons (Fsp3) is 0.850. The molecule has 0 amide bonds. The topological polar surface area (TPSA) is 55.2 Å². The highest BCUT2D eigenvalue weighted by molar-refractivity contribution is 7.92. The molecule has 1 spiro atoms. The van der Waals surface area contributed by atoms with Crippen LogP contribution in [0.15, 0.2) is 6.07 Å². The molecular formula is C20H28F3N3O2S. The number of rotatable bonds is 3. The fourth-order valence-electron chi connectivity index (χ4n) is 5.88. The molecule has 1 aromatic heterocycles. The molecule has 5 nitrogen and oxygen atoms in total. The van der Waals surface area contributed by atoms with Gasteiger partial charge < -0.3 is 0 Å². The van der Waals surface area contributed by atoms with E-state index in [1.165, 1.54) is 10.7 Å². The Kier molecular flexibility index (Phi) is 4.59. The van der Waals surface area contributed by atoms with E-state index in [0.717, 1.165) is 64.5 Å². The maximum Gasteiger partial charge on any atom is 0.433 e. The van der Waals surface area contributed by atoms with Crippen LogP contribution in [0.2, 0.25) is 0 Å². The van der Waals surface area contributed by atoms with Gasteiger partial charge in [-0.25, -0.2) is 8.42 Å². The second kappa shape index (κ2) is 6.70. The molecule has 0 atom stereocenters. The summed E-state index contributed by atoms with van der Waals surface area (Å²) in [5.41, 5.74) is -0.0172. The summed E-state index contributed by atoms with van der Waals surface area (Å²) in [5.74, 6) is 0.740. The monoisotopic (exact) mass is 431 g/mol. The van der Waals surface area contributed by atoms with Crippen LogP contribution in [-0.2, 0) is 16.0 Å². The van der Waals surface area contributed by atoms with Gasteiger partial charge in [-0.2, -0.15) is 18.3 Å². The maximum absolute atomic E-state index is 13.5. The first-order valence-corrected chi connectivity index (χ1v) is 12.6. The average Bonchev–Trinajstić information content (AvgIpc) is 3.17. The number of halogens is 3. The van der Waals surface area contributed by atoms with Crippen molar-refractivity contribution < 1.29 is 21.6 Å². The molecule has 0 bridgehead atoms. The number of hydrogen-bond donors (Lipinski definition) is 0. The zero-order chi connectivity index (χ0) is 20.4. The van der Waals surface area contributed by atoms with Gasteiger partial charge in [0.25, 0.3) is 0 Å². The highest BCUT2D eigenvalue weighted by Gasteiger charge is 2.53. The molecule has 4 aliphatic rings. The molecule has 1 aromatic rings. The molecule has 5 rings (SSSR count). The first kappa shape index (κ1) is 19.8. The van der Waals surface area contributed by atoms with Crippen molar-refractivity contribution in [1.82, 2.24) is 14.7 Å². The molecule has 4 fully saturated rings. The Morgan fingerprint density at radius 2 is 1.72 bits per heavy atom. The molecule has 0 N–H and O–H groups in total. The van der Waals surface area contributed by atoms with E-state index in [2.05, 4.69) is 10.00 Å². The van der Waals surface area contributed by atoms with Crippen LogP contribution in [0.3, 0.4) is 0 Å². The van der Waals surface area contributed by atoms with E-state index in [9.17, 15) is 21.6 Å². The number of hydrogen-bond acceptors (Lipinski definition) is 4. The third kappa shape index (κ3) is 3.62. The number of alkyl halides is 3. The van der Waals surface area contributed by atoms with E-state index in [1.807, 2.05) is 0 Å². The Balaban J connectivity index is 1.23. The van der Waals surface area contributed by atoms with Gasteiger partial charge in [0.2, 0.25) is 0 Å². The van der Waals surface area contributed by atoms with Gasteiger partial charge in [-0.05, 0) is 64.0 Å². The predicted molar refractivity (Wildman–Crippen MR) is 102 cm³/mol. The number of likely N-dealkylation sites (tertiary alicyclic amines) is 1. The average molecular weight is 432 g/mol. The lowest BCUT2D eigenvalue weighted by Gasteiger charge is -2.39. The van der Waals surface area contributed by atoms with Crippen LogP contribution < -0.4 is 0 Å². The predicted octanol–water partition coefficient (Wildman–Crippen LogP) is 3.77. The van der Waals surface area contributed by atoms with Gasteiger partial charge >= 0.3 is 6.18 Å². The summed E-state index contributed by atoms with van der Waals surface area (Å²) in [6.45, 7) is 1.80. The molecule has 2 aliphatic carbocycles. The number of sulfone groups is 1. The van der Waals surface area contributed by atoms with Crippen LogP contribution in [0.1, 0.15) is 74.7 Å². The van der Waals surface area contributed by atoms with Crippen LogP contribution in [0.5, 0.6) is 0 Å². The van der Waals surface area contributed by atoms with Crippen molar-refractivity contribution in [3.05, 3.63) is 17.5 Å². The molecule has 0 unspecified atom stereocenters. The quantitative estimate of drug-likeness (QED) is 0.731. The molecule has 2 aliphatic heterocycles. The molecule has 9 heteroatoms. The third-order valence-corrected chi connectivity index (χ3v) is 9.72. The summed E-state index contributed by atoms with van der Waals surface area (Å²) in [6, 6.07) is 1.61. The summed E-state index contributed by atoms with van der Waals surface area (Å²) in [4.78, 5) is 2.43. The van der Waals surface area contributed by atoms with E-state index in [4.69, 9.17) is 0 Å². The smallest absolute Gasteiger partial charge is 0.300 e. The summed E-state index contributed by atoms with van der Waals surface area (Å²) in [5, 5.41) is 4.42. The van der Waals surface area contributed by atoms with Crippen LogP contribution in [0.4, 0.5) is 13.2 Å². The lowest BCUT2D eigenvalue weighted by Crippen LogP contribution is -2.51. The summed E-state index contributed by atoms with van der Waals surface area (Å²) >= 11 is 0. The SMILES string of the molecule is O=S1(=O)CC2(CCN(C3CCC(c4cc(C(F)(F)F)n(C5CCC5)n4)CC3)C2)C1. The maximum atomic E-state index is 13.5. The minimum absolute atomic E-state index is 0.0289. The Morgan fingerprint density at radius 1 is 1.03 bits per heavy atom. The Morgan fingerprint density at radius 3 is 2.28 bits per heavy atom.